The van der Waals surface area contributed by atoms with Crippen LogP contribution < -0.4 is 10.6 Å². The van der Waals surface area contributed by atoms with Crippen LogP contribution in [-0.2, 0) is 9.59 Å². The van der Waals surface area contributed by atoms with Crippen molar-refractivity contribution < 1.29 is 9.59 Å². The van der Waals surface area contributed by atoms with E-state index in [1.54, 1.807) is 0 Å². The molecule has 1 atom stereocenters. The smallest absolute Gasteiger partial charge is 0.245 e. The van der Waals surface area contributed by atoms with Crippen molar-refractivity contribution in [1.82, 2.24) is 15.5 Å². The number of hydrogen-bond donors (Lipinski definition) is 2. The summed E-state index contributed by atoms with van der Waals surface area (Å²) in [6, 6.07) is 0.0649. The molecule has 0 aromatic heterocycles. The lowest BCUT2D eigenvalue weighted by Crippen LogP contribution is -2.52. The van der Waals surface area contributed by atoms with Gasteiger partial charge in [0.2, 0.25) is 11.8 Å². The molecule has 0 aliphatic carbocycles. The summed E-state index contributed by atoms with van der Waals surface area (Å²) >= 11 is 0. The van der Waals surface area contributed by atoms with Gasteiger partial charge in [0, 0.05) is 19.0 Å². The van der Waals surface area contributed by atoms with Crippen LogP contribution in [-0.4, -0.2) is 48.4 Å². The highest BCUT2D eigenvalue weighted by Crippen LogP contribution is 2.17. The summed E-state index contributed by atoms with van der Waals surface area (Å²) in [5.41, 5.74) is 0. The molecule has 102 valence electrons. The fraction of sp³-hybridized carbons (Fsp3) is 0.846. The Bertz CT molecular complexity index is 313. The molecule has 5 nitrogen and oxygen atoms in total. The third-order valence-electron chi connectivity index (χ3n) is 3.79. The highest BCUT2D eigenvalue weighted by molar-refractivity contribution is 5.91. The number of rotatable bonds is 4. The molecule has 2 N–H and O–H groups in total. The van der Waals surface area contributed by atoms with Gasteiger partial charge in [-0.25, -0.2) is 0 Å². The molecule has 0 spiro atoms. The molecule has 0 saturated carbocycles. The molecule has 2 fully saturated rings. The molecular formula is C13H23N3O2. The minimum atomic E-state index is -0.279. The van der Waals surface area contributed by atoms with Crippen LogP contribution in [0.4, 0.5) is 0 Å². The van der Waals surface area contributed by atoms with Crippen LogP contribution in [0, 0.1) is 0 Å². The summed E-state index contributed by atoms with van der Waals surface area (Å²) in [5, 5.41) is 6.11. The summed E-state index contributed by atoms with van der Waals surface area (Å²) < 4.78 is 0. The van der Waals surface area contributed by atoms with E-state index in [0.29, 0.717) is 18.9 Å². The van der Waals surface area contributed by atoms with Gasteiger partial charge in [-0.3, -0.25) is 9.59 Å². The number of nitrogens with zero attached hydrogens (tertiary/aromatic N) is 1. The van der Waals surface area contributed by atoms with Gasteiger partial charge in [0.15, 0.2) is 0 Å². The van der Waals surface area contributed by atoms with Crippen LogP contribution in [0.25, 0.3) is 0 Å². The van der Waals surface area contributed by atoms with Gasteiger partial charge >= 0.3 is 0 Å². The normalized spacial score (nSPS) is 24.9. The van der Waals surface area contributed by atoms with Crippen molar-refractivity contribution in [2.75, 3.05) is 19.6 Å². The molecule has 2 aliphatic heterocycles. The van der Waals surface area contributed by atoms with E-state index in [1.165, 1.54) is 0 Å². The number of carbonyl (C=O) groups excluding carboxylic acids is 2. The third-order valence-corrected chi connectivity index (χ3v) is 3.79. The van der Waals surface area contributed by atoms with Gasteiger partial charge < -0.3 is 15.5 Å². The van der Waals surface area contributed by atoms with E-state index >= 15 is 0 Å². The molecule has 2 heterocycles. The van der Waals surface area contributed by atoms with Crippen molar-refractivity contribution in [1.29, 1.82) is 0 Å². The Hall–Kier alpha value is -1.10. The van der Waals surface area contributed by atoms with E-state index in [9.17, 15) is 9.59 Å². The van der Waals surface area contributed by atoms with Crippen molar-refractivity contribution in [3.05, 3.63) is 0 Å². The van der Waals surface area contributed by atoms with Gasteiger partial charge in [-0.15, -0.1) is 0 Å². The van der Waals surface area contributed by atoms with E-state index in [-0.39, 0.29) is 17.9 Å². The highest BCUT2D eigenvalue weighted by Gasteiger charge is 2.33. The topological polar surface area (TPSA) is 61.4 Å². The second-order valence-corrected chi connectivity index (χ2v) is 5.17. The Labute approximate surface area is 108 Å². The van der Waals surface area contributed by atoms with E-state index in [4.69, 9.17) is 0 Å². The lowest BCUT2D eigenvalue weighted by molar-refractivity contribution is -0.137. The van der Waals surface area contributed by atoms with Gasteiger partial charge in [0.05, 0.1) is 0 Å². The standard InChI is InChI=1S/C13H23N3O2/c1-2-9-16(10-5-7-14-8-6-10)13(18)11-3-4-12(17)15-11/h10-11,14H,2-9H2,1H3,(H,15,17)/t11-/m1/s1. The predicted octanol–water partition coefficient (Wildman–Crippen LogP) is 0.256. The number of hydrogen-bond acceptors (Lipinski definition) is 3. The Morgan fingerprint density at radius 3 is 2.61 bits per heavy atom. The second kappa shape index (κ2) is 6.18. The average molecular weight is 253 g/mol. The zero-order valence-electron chi connectivity index (χ0n) is 11.1. The summed E-state index contributed by atoms with van der Waals surface area (Å²) in [4.78, 5) is 25.7. The van der Waals surface area contributed by atoms with Gasteiger partial charge in [0.25, 0.3) is 0 Å². The van der Waals surface area contributed by atoms with Crippen LogP contribution >= 0.6 is 0 Å². The van der Waals surface area contributed by atoms with E-state index in [2.05, 4.69) is 17.6 Å². The van der Waals surface area contributed by atoms with Crippen molar-refractivity contribution in [3.8, 4) is 0 Å². The van der Waals surface area contributed by atoms with Crippen LogP contribution in [0.2, 0.25) is 0 Å². The summed E-state index contributed by atoms with van der Waals surface area (Å²) in [6.45, 7) is 4.86. The van der Waals surface area contributed by atoms with E-state index < -0.39 is 0 Å². The maximum Gasteiger partial charge on any atom is 0.245 e. The number of carbonyl (C=O) groups is 2. The summed E-state index contributed by atoms with van der Waals surface area (Å²) in [7, 11) is 0. The van der Waals surface area contributed by atoms with Crippen molar-refractivity contribution in [2.24, 2.45) is 0 Å². The zero-order chi connectivity index (χ0) is 13.0. The molecule has 18 heavy (non-hydrogen) atoms. The zero-order valence-corrected chi connectivity index (χ0v) is 11.1. The Balaban J connectivity index is 1.99. The third kappa shape index (κ3) is 3.02. The highest BCUT2D eigenvalue weighted by atomic mass is 16.2. The fourth-order valence-corrected chi connectivity index (χ4v) is 2.83. The molecule has 5 heteroatoms. The Morgan fingerprint density at radius 2 is 2.06 bits per heavy atom. The minimum Gasteiger partial charge on any atom is -0.344 e. The minimum absolute atomic E-state index is 0.00936. The number of amides is 2. The van der Waals surface area contributed by atoms with E-state index in [1.807, 2.05) is 4.90 Å². The molecular weight excluding hydrogens is 230 g/mol. The quantitative estimate of drug-likeness (QED) is 0.755. The van der Waals surface area contributed by atoms with Crippen molar-refractivity contribution in [3.63, 3.8) is 0 Å². The maximum atomic E-state index is 12.5. The Kier molecular flexibility index (Phi) is 4.58. The first-order chi connectivity index (χ1) is 8.72. The summed E-state index contributed by atoms with van der Waals surface area (Å²) in [6.07, 6.45) is 4.15. The molecule has 2 amide bonds. The molecule has 0 bridgehead atoms. The maximum absolute atomic E-state index is 12.5. The first-order valence-corrected chi connectivity index (χ1v) is 7.03. The first kappa shape index (κ1) is 13.3. The number of piperidine rings is 1. The molecule has 2 aliphatic rings. The lowest BCUT2D eigenvalue weighted by Gasteiger charge is -2.36. The van der Waals surface area contributed by atoms with E-state index in [0.717, 1.165) is 38.9 Å². The second-order valence-electron chi connectivity index (χ2n) is 5.17. The first-order valence-electron chi connectivity index (χ1n) is 7.03. The van der Waals surface area contributed by atoms with Crippen molar-refractivity contribution in [2.45, 2.75) is 51.1 Å². The largest absolute Gasteiger partial charge is 0.344 e. The molecule has 2 saturated heterocycles. The van der Waals surface area contributed by atoms with Crippen LogP contribution in [0.15, 0.2) is 0 Å². The Morgan fingerprint density at radius 1 is 1.33 bits per heavy atom. The molecule has 0 radical (unpaired) electrons. The molecule has 0 unspecified atom stereocenters. The summed E-state index contributed by atoms with van der Waals surface area (Å²) in [5.74, 6) is 0.129. The van der Waals surface area contributed by atoms with Gasteiger partial charge in [0.1, 0.15) is 6.04 Å². The fourth-order valence-electron chi connectivity index (χ4n) is 2.83. The SMILES string of the molecule is CCCN(C(=O)[C@H]1CCC(=O)N1)C1CCNCC1. The van der Waals surface area contributed by atoms with Crippen LogP contribution in [0.1, 0.15) is 39.0 Å². The average Bonchev–Trinajstić information content (AvgIpc) is 2.83. The van der Waals surface area contributed by atoms with Gasteiger partial charge in [-0.05, 0) is 38.8 Å². The molecule has 2 rings (SSSR count). The molecule has 0 aromatic carbocycles. The van der Waals surface area contributed by atoms with Gasteiger partial charge in [-0.2, -0.15) is 0 Å². The van der Waals surface area contributed by atoms with Crippen molar-refractivity contribution >= 4 is 11.8 Å². The van der Waals surface area contributed by atoms with Crippen LogP contribution in [0.5, 0.6) is 0 Å². The monoisotopic (exact) mass is 253 g/mol. The van der Waals surface area contributed by atoms with Crippen LogP contribution in [0.3, 0.4) is 0 Å². The number of nitrogens with one attached hydrogen (secondary N) is 2. The lowest BCUT2D eigenvalue weighted by atomic mass is 10.0. The predicted molar refractivity (Wildman–Crippen MR) is 69.1 cm³/mol. The molecule has 0 aromatic rings. The van der Waals surface area contributed by atoms with Gasteiger partial charge in [-0.1, -0.05) is 6.92 Å².